The molecule has 3 rings (SSSR count). The van der Waals surface area contributed by atoms with Gasteiger partial charge in [0, 0.05) is 13.0 Å². The number of aromatic nitrogens is 3. The zero-order chi connectivity index (χ0) is 32.3. The Balaban J connectivity index is 1.61. The summed E-state index contributed by atoms with van der Waals surface area (Å²) in [4.78, 5) is 50.3. The molecule has 0 saturated heterocycles. The Morgan fingerprint density at radius 3 is 1.89 bits per heavy atom. The molecule has 0 radical (unpaired) electrons. The van der Waals surface area contributed by atoms with Gasteiger partial charge in [-0.25, -0.2) is 0 Å². The lowest BCUT2D eigenvalue weighted by Crippen LogP contribution is -2.43. The summed E-state index contributed by atoms with van der Waals surface area (Å²) in [5, 5.41) is 11.7. The molecule has 0 fully saturated rings. The van der Waals surface area contributed by atoms with Crippen LogP contribution in [0.3, 0.4) is 0 Å². The largest absolute Gasteiger partial charge is 0.461 e. The van der Waals surface area contributed by atoms with Crippen molar-refractivity contribution in [3.8, 4) is 12.0 Å². The van der Waals surface area contributed by atoms with E-state index in [1.807, 2.05) is 74.5 Å². The molecule has 0 spiro atoms. The highest BCUT2D eigenvalue weighted by atomic mass is 16.5. The number of carbonyl (C=O) groups excluding carboxylic acids is 3. The predicted octanol–water partition coefficient (Wildman–Crippen LogP) is 3.44. The van der Waals surface area contributed by atoms with Crippen LogP contribution in [-0.2, 0) is 27.3 Å². The lowest BCUT2D eigenvalue weighted by molar-refractivity contribution is -0.123. The molecule has 1 heterocycles. The number of nitrogens with one attached hydrogen (secondary N) is 4. The van der Waals surface area contributed by atoms with E-state index in [0.29, 0.717) is 13.0 Å². The third-order valence-corrected chi connectivity index (χ3v) is 6.66. The third-order valence-electron chi connectivity index (χ3n) is 6.66. The quantitative estimate of drug-likeness (QED) is 0.139. The molecule has 0 unspecified atom stereocenters. The molecule has 3 aromatic rings. The maximum atomic E-state index is 13.1. The van der Waals surface area contributed by atoms with Gasteiger partial charge in [-0.05, 0) is 23.5 Å². The highest BCUT2D eigenvalue weighted by Gasteiger charge is 2.24. The Morgan fingerprint density at radius 1 is 0.733 bits per heavy atom. The number of hydrogen-bond donors (Lipinski definition) is 4. The fourth-order valence-corrected chi connectivity index (χ4v) is 4.23. The molecule has 0 aliphatic carbocycles. The van der Waals surface area contributed by atoms with Gasteiger partial charge in [0.05, 0.1) is 19.5 Å². The molecular formula is C33H45N7O5. The molecule has 45 heavy (non-hydrogen) atoms. The number of rotatable bonds is 20. The van der Waals surface area contributed by atoms with Crippen LogP contribution in [0, 0.1) is 5.92 Å². The summed E-state index contributed by atoms with van der Waals surface area (Å²) in [5.74, 6) is -0.394. The molecule has 0 saturated carbocycles. The number of carbonyl (C=O) groups is 3. The predicted molar refractivity (Wildman–Crippen MR) is 172 cm³/mol. The van der Waals surface area contributed by atoms with Crippen LogP contribution in [0.2, 0.25) is 0 Å². The van der Waals surface area contributed by atoms with Crippen LogP contribution < -0.4 is 30.7 Å². The minimum atomic E-state index is -0.656. The second kappa shape index (κ2) is 19.5. The smallest absolute Gasteiger partial charge is 0.324 e. The molecule has 0 aliphatic rings. The van der Waals surface area contributed by atoms with Crippen molar-refractivity contribution in [3.63, 3.8) is 0 Å². The number of hydrogen-bond acceptors (Lipinski definition) is 9. The number of ether oxygens (including phenoxy) is 2. The van der Waals surface area contributed by atoms with Crippen LogP contribution >= 0.6 is 0 Å². The number of unbranched alkanes of at least 4 members (excludes halogenated alkanes) is 2. The first kappa shape index (κ1) is 34.7. The highest BCUT2D eigenvalue weighted by Crippen LogP contribution is 2.16. The SMILES string of the molecule is CCCCCC(=O)NCCOc1nc(N[C@H](C(=O)NCc2ccccc2)C(C)C)nc(OCCNC(=O)Cc2ccccc2)n1. The zero-order valence-corrected chi connectivity index (χ0v) is 26.4. The van der Waals surface area contributed by atoms with Gasteiger partial charge in [0.1, 0.15) is 19.3 Å². The summed E-state index contributed by atoms with van der Waals surface area (Å²) in [7, 11) is 0. The van der Waals surface area contributed by atoms with Crippen LogP contribution in [-0.4, -0.2) is 65.0 Å². The third kappa shape index (κ3) is 13.6. The molecule has 12 heteroatoms. The summed E-state index contributed by atoms with van der Waals surface area (Å²) in [6.45, 7) is 7.03. The molecule has 3 amide bonds. The first-order valence-corrected chi connectivity index (χ1v) is 15.5. The monoisotopic (exact) mass is 619 g/mol. The van der Waals surface area contributed by atoms with Crippen molar-refractivity contribution in [3.05, 3.63) is 71.8 Å². The normalized spacial score (nSPS) is 11.4. The average molecular weight is 620 g/mol. The van der Waals surface area contributed by atoms with Crippen LogP contribution in [0.15, 0.2) is 60.7 Å². The Kier molecular flexibility index (Phi) is 15.1. The van der Waals surface area contributed by atoms with E-state index in [0.717, 1.165) is 30.4 Å². The zero-order valence-electron chi connectivity index (χ0n) is 26.4. The van der Waals surface area contributed by atoms with Crippen molar-refractivity contribution in [2.75, 3.05) is 31.6 Å². The first-order chi connectivity index (χ1) is 21.8. The maximum absolute atomic E-state index is 13.1. The first-order valence-electron chi connectivity index (χ1n) is 15.5. The van der Waals surface area contributed by atoms with Gasteiger partial charge in [-0.1, -0.05) is 94.3 Å². The average Bonchev–Trinajstić information content (AvgIpc) is 3.04. The minimum Gasteiger partial charge on any atom is -0.461 e. The van der Waals surface area contributed by atoms with Gasteiger partial charge in [0.15, 0.2) is 0 Å². The molecule has 2 aromatic carbocycles. The van der Waals surface area contributed by atoms with Crippen LogP contribution in [0.5, 0.6) is 12.0 Å². The van der Waals surface area contributed by atoms with Crippen molar-refractivity contribution < 1.29 is 23.9 Å². The van der Waals surface area contributed by atoms with Crippen molar-refractivity contribution >= 4 is 23.7 Å². The van der Waals surface area contributed by atoms with Gasteiger partial charge in [-0.3, -0.25) is 14.4 Å². The Hall–Kier alpha value is -4.74. The Bertz CT molecular complexity index is 1330. The van der Waals surface area contributed by atoms with E-state index in [1.54, 1.807) is 0 Å². The summed E-state index contributed by atoms with van der Waals surface area (Å²) < 4.78 is 11.4. The van der Waals surface area contributed by atoms with Crippen LogP contribution in [0.25, 0.3) is 0 Å². The van der Waals surface area contributed by atoms with Crippen LogP contribution in [0.4, 0.5) is 5.95 Å². The fourth-order valence-electron chi connectivity index (χ4n) is 4.23. The van der Waals surface area contributed by atoms with E-state index in [4.69, 9.17) is 9.47 Å². The fraction of sp³-hybridized carbons (Fsp3) is 0.455. The molecule has 0 bridgehead atoms. The van der Waals surface area contributed by atoms with Gasteiger partial charge in [0.2, 0.25) is 23.7 Å². The molecule has 12 nitrogen and oxygen atoms in total. The summed E-state index contributed by atoms with van der Waals surface area (Å²) in [6, 6.07) is 18.4. The van der Waals surface area contributed by atoms with Crippen molar-refractivity contribution in [1.82, 2.24) is 30.9 Å². The standard InChI is InChI=1S/C33H45N7O5/c1-4-5-8-17-27(41)34-18-20-44-32-38-31(37-29(24(2)3)30(43)36-23-26-15-11-7-12-16-26)39-33(40-32)45-21-19-35-28(42)22-25-13-9-6-10-14-25/h6-7,9-16,24,29H,4-5,8,17-23H2,1-3H3,(H,34,41)(H,35,42)(H,36,43)(H,37,38,39,40)/t29-/m0/s1. The molecular weight excluding hydrogens is 574 g/mol. The molecule has 0 aliphatic heterocycles. The van der Waals surface area contributed by atoms with E-state index >= 15 is 0 Å². The number of amides is 3. The van der Waals surface area contributed by atoms with Gasteiger partial charge in [-0.2, -0.15) is 9.97 Å². The molecule has 242 valence electrons. The van der Waals surface area contributed by atoms with Crippen molar-refractivity contribution in [2.45, 2.75) is 65.5 Å². The lowest BCUT2D eigenvalue weighted by Gasteiger charge is -2.22. The van der Waals surface area contributed by atoms with E-state index in [9.17, 15) is 14.4 Å². The second-order valence-corrected chi connectivity index (χ2v) is 10.8. The van der Waals surface area contributed by atoms with E-state index in [2.05, 4.69) is 43.1 Å². The Morgan fingerprint density at radius 2 is 1.31 bits per heavy atom. The molecule has 1 atom stereocenters. The lowest BCUT2D eigenvalue weighted by atomic mass is 10.0. The van der Waals surface area contributed by atoms with Gasteiger partial charge >= 0.3 is 12.0 Å². The number of nitrogens with zero attached hydrogens (tertiary/aromatic N) is 3. The Labute approximate surface area is 265 Å². The van der Waals surface area contributed by atoms with Gasteiger partial charge in [0.25, 0.3) is 0 Å². The van der Waals surface area contributed by atoms with Crippen molar-refractivity contribution in [1.29, 1.82) is 0 Å². The van der Waals surface area contributed by atoms with Crippen molar-refractivity contribution in [2.24, 2.45) is 5.92 Å². The summed E-state index contributed by atoms with van der Waals surface area (Å²) in [6.07, 6.45) is 3.62. The number of anilines is 1. The molecule has 4 N–H and O–H groups in total. The summed E-state index contributed by atoms with van der Waals surface area (Å²) in [5.41, 5.74) is 1.89. The maximum Gasteiger partial charge on any atom is 0.324 e. The minimum absolute atomic E-state index is 0.0250. The summed E-state index contributed by atoms with van der Waals surface area (Å²) >= 11 is 0. The second-order valence-electron chi connectivity index (χ2n) is 10.8. The van der Waals surface area contributed by atoms with E-state index in [1.165, 1.54) is 0 Å². The van der Waals surface area contributed by atoms with Gasteiger partial charge < -0.3 is 30.7 Å². The van der Waals surface area contributed by atoms with Crippen LogP contribution in [0.1, 0.15) is 57.6 Å². The highest BCUT2D eigenvalue weighted by molar-refractivity contribution is 5.84. The topological polar surface area (TPSA) is 156 Å². The molecule has 1 aromatic heterocycles. The van der Waals surface area contributed by atoms with E-state index in [-0.39, 0.29) is 74.3 Å². The van der Waals surface area contributed by atoms with Gasteiger partial charge in [-0.15, -0.1) is 4.98 Å². The van der Waals surface area contributed by atoms with E-state index < -0.39 is 6.04 Å². The number of benzene rings is 2.